The topological polar surface area (TPSA) is 83.9 Å². The lowest BCUT2D eigenvalue weighted by Gasteiger charge is -2.32. The van der Waals surface area contributed by atoms with Crippen molar-refractivity contribution in [3.63, 3.8) is 0 Å². The average molecular weight is 377 g/mol. The summed E-state index contributed by atoms with van der Waals surface area (Å²) in [5.41, 5.74) is 2.40. The second kappa shape index (κ2) is 6.89. The molecule has 1 saturated carbocycles. The number of aromatic amines is 1. The van der Waals surface area contributed by atoms with Gasteiger partial charge in [0.25, 0.3) is 11.5 Å². The van der Waals surface area contributed by atoms with Crippen LogP contribution in [0.4, 0.5) is 0 Å². The largest absolute Gasteiger partial charge is 0.345 e. The maximum atomic E-state index is 12.9. The monoisotopic (exact) mass is 377 g/mol. The van der Waals surface area contributed by atoms with Gasteiger partial charge in [0, 0.05) is 49.4 Å². The lowest BCUT2D eigenvalue weighted by atomic mass is 9.96. The van der Waals surface area contributed by atoms with Gasteiger partial charge in [-0.3, -0.25) is 14.2 Å². The number of fused-ring (bicyclic) bond motifs is 1. The van der Waals surface area contributed by atoms with E-state index in [0.29, 0.717) is 37.0 Å². The van der Waals surface area contributed by atoms with Gasteiger partial charge >= 0.3 is 0 Å². The quantitative estimate of drug-likeness (QED) is 0.757. The van der Waals surface area contributed by atoms with Crippen molar-refractivity contribution in [2.24, 2.45) is 5.92 Å². The Morgan fingerprint density at radius 2 is 2.00 bits per heavy atom. The first-order chi connectivity index (χ1) is 13.7. The lowest BCUT2D eigenvalue weighted by molar-refractivity contribution is 0.0684. The van der Waals surface area contributed by atoms with E-state index >= 15 is 0 Å². The van der Waals surface area contributed by atoms with Crippen molar-refractivity contribution in [1.82, 2.24) is 24.4 Å². The van der Waals surface area contributed by atoms with E-state index in [9.17, 15) is 9.59 Å². The van der Waals surface area contributed by atoms with Crippen molar-refractivity contribution < 1.29 is 4.79 Å². The molecule has 1 amide bonds. The highest BCUT2D eigenvalue weighted by atomic mass is 16.2. The second-order valence-electron chi connectivity index (χ2n) is 7.92. The summed E-state index contributed by atoms with van der Waals surface area (Å²) < 4.78 is 1.72. The average Bonchev–Trinajstić information content (AvgIpc) is 3.48. The molecular weight excluding hydrogens is 354 g/mol. The zero-order chi connectivity index (χ0) is 19.1. The first kappa shape index (κ1) is 17.2. The van der Waals surface area contributed by atoms with Gasteiger partial charge in [-0.05, 0) is 43.7 Å². The van der Waals surface area contributed by atoms with Crippen LogP contribution in [0.5, 0.6) is 0 Å². The number of H-pyrrole nitrogens is 1. The minimum atomic E-state index is 0.0432. The van der Waals surface area contributed by atoms with E-state index in [1.807, 2.05) is 17.0 Å². The molecule has 7 heteroatoms. The van der Waals surface area contributed by atoms with Gasteiger partial charge in [-0.25, -0.2) is 9.97 Å². The Morgan fingerprint density at radius 1 is 1.18 bits per heavy atom. The molecule has 28 heavy (non-hydrogen) atoms. The summed E-state index contributed by atoms with van der Waals surface area (Å²) in [6.07, 6.45) is 9.24. The molecule has 0 bridgehead atoms. The molecule has 0 radical (unpaired) electrons. The van der Waals surface area contributed by atoms with E-state index in [1.54, 1.807) is 29.4 Å². The first-order valence-electron chi connectivity index (χ1n) is 9.97. The summed E-state index contributed by atoms with van der Waals surface area (Å²) in [6.45, 7) is 2.09. The number of aromatic nitrogens is 4. The Hall–Kier alpha value is -2.96. The summed E-state index contributed by atoms with van der Waals surface area (Å²) in [5.74, 6) is 0.932. The second-order valence-corrected chi connectivity index (χ2v) is 7.92. The Labute approximate surface area is 162 Å². The molecule has 7 nitrogen and oxygen atoms in total. The summed E-state index contributed by atoms with van der Waals surface area (Å²) in [5, 5.41) is 0.864. The predicted molar refractivity (Wildman–Crippen MR) is 105 cm³/mol. The van der Waals surface area contributed by atoms with Crippen LogP contribution in [-0.4, -0.2) is 43.4 Å². The Morgan fingerprint density at radius 3 is 2.75 bits per heavy atom. The van der Waals surface area contributed by atoms with Crippen LogP contribution in [0.15, 0.2) is 41.7 Å². The molecule has 1 saturated heterocycles. The fourth-order valence-corrected chi connectivity index (χ4v) is 4.08. The number of likely N-dealkylation sites (tertiary alicyclic amines) is 1. The fraction of sp³-hybridized carbons (Fsp3) is 0.429. The highest BCUT2D eigenvalue weighted by Crippen LogP contribution is 2.38. The van der Waals surface area contributed by atoms with Crippen LogP contribution in [0.3, 0.4) is 0 Å². The fourth-order valence-electron chi connectivity index (χ4n) is 4.08. The van der Waals surface area contributed by atoms with Gasteiger partial charge in [-0.15, -0.1) is 0 Å². The molecule has 5 rings (SSSR count). The summed E-state index contributed by atoms with van der Waals surface area (Å²) in [6, 6.07) is 5.46. The number of amides is 1. The van der Waals surface area contributed by atoms with Gasteiger partial charge in [0.2, 0.25) is 0 Å². The van der Waals surface area contributed by atoms with Crippen LogP contribution in [-0.2, 0) is 6.54 Å². The van der Waals surface area contributed by atoms with Crippen LogP contribution < -0.4 is 5.56 Å². The van der Waals surface area contributed by atoms with Crippen molar-refractivity contribution in [3.8, 4) is 0 Å². The zero-order valence-electron chi connectivity index (χ0n) is 15.7. The third-order valence-corrected chi connectivity index (χ3v) is 5.93. The Balaban J connectivity index is 1.23. The number of rotatable bonds is 4. The van der Waals surface area contributed by atoms with E-state index in [0.717, 1.165) is 42.4 Å². The van der Waals surface area contributed by atoms with Crippen molar-refractivity contribution in [1.29, 1.82) is 0 Å². The summed E-state index contributed by atoms with van der Waals surface area (Å²) in [4.78, 5) is 39.0. The predicted octanol–water partition coefficient (Wildman–Crippen LogP) is 2.55. The number of hydrogen-bond acceptors (Lipinski definition) is 4. The smallest absolute Gasteiger partial charge is 0.256 e. The molecule has 3 aromatic rings. The van der Waals surface area contributed by atoms with Crippen molar-refractivity contribution in [3.05, 3.63) is 58.5 Å². The molecule has 3 aromatic heterocycles. The van der Waals surface area contributed by atoms with Gasteiger partial charge in [0.15, 0.2) is 0 Å². The molecule has 0 aromatic carbocycles. The molecule has 2 aliphatic rings. The molecule has 0 unspecified atom stereocenters. The zero-order valence-corrected chi connectivity index (χ0v) is 15.7. The van der Waals surface area contributed by atoms with E-state index in [-0.39, 0.29) is 11.5 Å². The van der Waals surface area contributed by atoms with Crippen molar-refractivity contribution in [2.45, 2.75) is 38.1 Å². The van der Waals surface area contributed by atoms with Gasteiger partial charge in [-0.2, -0.15) is 0 Å². The number of nitrogens with one attached hydrogen (secondary N) is 1. The summed E-state index contributed by atoms with van der Waals surface area (Å²) in [7, 11) is 0. The van der Waals surface area contributed by atoms with Crippen LogP contribution in [0.1, 0.15) is 47.7 Å². The maximum Gasteiger partial charge on any atom is 0.256 e. The van der Waals surface area contributed by atoms with Gasteiger partial charge in [0.05, 0.1) is 17.6 Å². The number of piperidine rings is 1. The third-order valence-electron chi connectivity index (χ3n) is 5.93. The van der Waals surface area contributed by atoms with Crippen LogP contribution in [0.25, 0.3) is 11.0 Å². The lowest BCUT2D eigenvalue weighted by Crippen LogP contribution is -2.40. The van der Waals surface area contributed by atoms with E-state index < -0.39 is 0 Å². The maximum absolute atomic E-state index is 12.9. The number of pyridine rings is 1. The molecule has 0 spiro atoms. The molecule has 2 fully saturated rings. The van der Waals surface area contributed by atoms with Gasteiger partial charge in [0.1, 0.15) is 5.65 Å². The summed E-state index contributed by atoms with van der Waals surface area (Å²) >= 11 is 0. The van der Waals surface area contributed by atoms with Gasteiger partial charge in [-0.1, -0.05) is 0 Å². The van der Waals surface area contributed by atoms with Crippen molar-refractivity contribution in [2.75, 3.05) is 13.1 Å². The normalized spacial score (nSPS) is 17.9. The minimum Gasteiger partial charge on any atom is -0.345 e. The van der Waals surface area contributed by atoms with E-state index in [4.69, 9.17) is 0 Å². The van der Waals surface area contributed by atoms with Gasteiger partial charge < -0.3 is 9.88 Å². The number of nitrogens with zero attached hydrogens (tertiary/aromatic N) is 4. The molecule has 0 atom stereocenters. The molecule has 1 aliphatic heterocycles. The molecule has 144 valence electrons. The highest BCUT2D eigenvalue weighted by molar-refractivity contribution is 6.05. The standard InChI is InChI=1S/C21H23N5O2/c27-19-10-18(15-3-4-15)24-13-26(19)12-14-5-8-25(9-6-14)21(28)17-11-23-20-16(17)2-1-7-22-20/h1-2,7,10-11,13-15H,3-6,8-9,12H2,(H,22,23). The minimum absolute atomic E-state index is 0.0432. The third kappa shape index (κ3) is 3.21. The van der Waals surface area contributed by atoms with Crippen LogP contribution >= 0.6 is 0 Å². The van der Waals surface area contributed by atoms with Crippen LogP contribution in [0, 0.1) is 5.92 Å². The number of carbonyl (C=O) groups is 1. The Kier molecular flexibility index (Phi) is 4.22. The Bertz CT molecular complexity index is 1070. The van der Waals surface area contributed by atoms with E-state index in [2.05, 4.69) is 15.0 Å². The molecular formula is C21H23N5O2. The SMILES string of the molecule is O=C(c1c[nH]c2ncccc12)N1CCC(Cn2cnc(C3CC3)cc2=O)CC1. The first-order valence-corrected chi connectivity index (χ1v) is 9.97. The molecule has 4 heterocycles. The number of carbonyl (C=O) groups excluding carboxylic acids is 1. The molecule has 1 N–H and O–H groups in total. The number of hydrogen-bond donors (Lipinski definition) is 1. The highest BCUT2D eigenvalue weighted by Gasteiger charge is 2.27. The van der Waals surface area contributed by atoms with Crippen LogP contribution in [0.2, 0.25) is 0 Å². The van der Waals surface area contributed by atoms with E-state index in [1.165, 1.54) is 0 Å². The molecule has 1 aliphatic carbocycles. The van der Waals surface area contributed by atoms with Crippen molar-refractivity contribution >= 4 is 16.9 Å².